The average Bonchev–Trinajstić information content (AvgIpc) is 3.02. The molecule has 0 N–H and O–H groups in total. The van der Waals surface area contributed by atoms with Gasteiger partial charge in [0.25, 0.3) is 0 Å². The molecule has 0 spiro atoms. The molecule has 162 valence electrons. The number of benzene rings is 1. The Balaban J connectivity index is 1.19. The largest absolute Gasteiger partial charge is 0.462 e. The van der Waals surface area contributed by atoms with Gasteiger partial charge in [0.05, 0.1) is 5.92 Å². The van der Waals surface area contributed by atoms with Gasteiger partial charge in [-0.2, -0.15) is 0 Å². The summed E-state index contributed by atoms with van der Waals surface area (Å²) in [5.74, 6) is 1.89. The number of allylic oxidation sites excluding steroid dienone is 1. The zero-order valence-electron chi connectivity index (χ0n) is 18.5. The van der Waals surface area contributed by atoms with Crippen LogP contribution in [-0.2, 0) is 16.0 Å². The first-order valence-corrected chi connectivity index (χ1v) is 12.2. The van der Waals surface area contributed by atoms with Crippen molar-refractivity contribution in [3.63, 3.8) is 0 Å². The Labute approximate surface area is 181 Å². The zero-order valence-corrected chi connectivity index (χ0v) is 18.5. The average molecular weight is 408 g/mol. The molecular weight excluding hydrogens is 370 g/mol. The minimum Gasteiger partial charge on any atom is -0.462 e. The Kier molecular flexibility index (Phi) is 5.51. The van der Waals surface area contributed by atoms with Crippen LogP contribution in [0.4, 0.5) is 0 Å². The third kappa shape index (κ3) is 3.86. The number of ether oxygens (including phenoxy) is 1. The number of nitrogens with zero attached hydrogens (tertiary/aromatic N) is 1. The van der Waals surface area contributed by atoms with E-state index in [0.29, 0.717) is 17.3 Å². The van der Waals surface area contributed by atoms with Crippen LogP contribution in [0.3, 0.4) is 0 Å². The Hall–Kier alpha value is -1.61. The SMILES string of the molecule is C=C1CCC[C@]2(C)C[C@H]3OC(=O)C(CN4CCC(Cc5ccccc5)CC4)[C@H]3C[C@@H]12. The summed E-state index contributed by atoms with van der Waals surface area (Å²) in [4.78, 5) is 15.4. The Bertz CT molecular complexity index is 781. The second-order valence-corrected chi connectivity index (χ2v) is 10.8. The highest BCUT2D eigenvalue weighted by Crippen LogP contribution is 2.57. The lowest BCUT2D eigenvalue weighted by atomic mass is 9.55. The molecular formula is C27H37NO2. The zero-order chi connectivity index (χ0) is 20.7. The molecule has 5 rings (SSSR count). The van der Waals surface area contributed by atoms with Crippen molar-refractivity contribution in [3.05, 3.63) is 48.0 Å². The van der Waals surface area contributed by atoms with E-state index in [9.17, 15) is 4.79 Å². The number of carbonyl (C=O) groups is 1. The first-order valence-electron chi connectivity index (χ1n) is 12.2. The fourth-order valence-corrected chi connectivity index (χ4v) is 7.06. The Morgan fingerprint density at radius 2 is 1.97 bits per heavy atom. The molecule has 1 aromatic rings. The third-order valence-corrected chi connectivity index (χ3v) is 8.85. The standard InChI is InChI=1S/C27H37NO2/c1-19-7-6-12-27(2)17-25-22(16-24(19)27)23(26(29)30-25)18-28-13-10-21(11-14-28)15-20-8-4-3-5-9-20/h3-5,8-9,21-25H,1,6-7,10-18H2,2H3/t22-,23?,24+,25-,27-/m1/s1. The van der Waals surface area contributed by atoms with E-state index < -0.39 is 0 Å². The van der Waals surface area contributed by atoms with Crippen molar-refractivity contribution in [2.45, 2.75) is 64.4 Å². The first-order chi connectivity index (χ1) is 14.5. The number of hydrogen-bond donors (Lipinski definition) is 0. The normalized spacial score (nSPS) is 37.5. The molecule has 2 saturated heterocycles. The van der Waals surface area contributed by atoms with Crippen LogP contribution >= 0.6 is 0 Å². The van der Waals surface area contributed by atoms with Crippen LogP contribution in [0.15, 0.2) is 42.5 Å². The van der Waals surface area contributed by atoms with Crippen LogP contribution in [0.25, 0.3) is 0 Å². The summed E-state index contributed by atoms with van der Waals surface area (Å²) in [6.07, 6.45) is 9.65. The fraction of sp³-hybridized carbons (Fsp3) is 0.667. The van der Waals surface area contributed by atoms with Gasteiger partial charge in [-0.05, 0) is 87.3 Å². The van der Waals surface area contributed by atoms with E-state index in [1.807, 2.05) is 0 Å². The van der Waals surface area contributed by atoms with E-state index in [1.165, 1.54) is 49.7 Å². The van der Waals surface area contributed by atoms with E-state index in [2.05, 4.69) is 48.7 Å². The highest BCUT2D eigenvalue weighted by atomic mass is 16.6. The van der Waals surface area contributed by atoms with Gasteiger partial charge in [-0.3, -0.25) is 4.79 Å². The lowest BCUT2D eigenvalue weighted by Gasteiger charge is -2.50. The Morgan fingerprint density at radius 3 is 2.73 bits per heavy atom. The summed E-state index contributed by atoms with van der Waals surface area (Å²) in [6.45, 7) is 9.97. The maximum absolute atomic E-state index is 12.8. The van der Waals surface area contributed by atoms with Gasteiger partial charge >= 0.3 is 5.97 Å². The van der Waals surface area contributed by atoms with Crippen LogP contribution in [-0.4, -0.2) is 36.6 Å². The maximum Gasteiger partial charge on any atom is 0.310 e. The predicted molar refractivity (Wildman–Crippen MR) is 120 cm³/mol. The van der Waals surface area contributed by atoms with E-state index >= 15 is 0 Å². The van der Waals surface area contributed by atoms with Crippen molar-refractivity contribution in [2.75, 3.05) is 19.6 Å². The van der Waals surface area contributed by atoms with E-state index in [4.69, 9.17) is 4.74 Å². The highest BCUT2D eigenvalue weighted by molar-refractivity contribution is 5.75. The third-order valence-electron chi connectivity index (χ3n) is 8.85. The molecule has 5 atom stereocenters. The summed E-state index contributed by atoms with van der Waals surface area (Å²) < 4.78 is 5.97. The van der Waals surface area contributed by atoms with Crippen molar-refractivity contribution < 1.29 is 9.53 Å². The van der Waals surface area contributed by atoms with Gasteiger partial charge in [-0.25, -0.2) is 0 Å². The van der Waals surface area contributed by atoms with E-state index in [-0.39, 0.29) is 18.0 Å². The molecule has 2 saturated carbocycles. The quantitative estimate of drug-likeness (QED) is 0.504. The van der Waals surface area contributed by atoms with Crippen molar-refractivity contribution in [1.82, 2.24) is 4.90 Å². The molecule has 0 bridgehead atoms. The van der Waals surface area contributed by atoms with Gasteiger partial charge in [0, 0.05) is 12.5 Å². The fourth-order valence-electron chi connectivity index (χ4n) is 7.06. The summed E-state index contributed by atoms with van der Waals surface area (Å²) >= 11 is 0. The van der Waals surface area contributed by atoms with Crippen LogP contribution in [0.5, 0.6) is 0 Å². The molecule has 1 aromatic carbocycles. The molecule has 3 nitrogen and oxygen atoms in total. The molecule has 2 heterocycles. The molecule has 1 unspecified atom stereocenters. The summed E-state index contributed by atoms with van der Waals surface area (Å²) in [5.41, 5.74) is 3.18. The van der Waals surface area contributed by atoms with Crippen LogP contribution in [0.1, 0.15) is 57.4 Å². The smallest absolute Gasteiger partial charge is 0.310 e. The highest BCUT2D eigenvalue weighted by Gasteiger charge is 2.55. The molecule has 4 fully saturated rings. The number of esters is 1. The second kappa shape index (κ2) is 8.15. The topological polar surface area (TPSA) is 29.5 Å². The van der Waals surface area contributed by atoms with Gasteiger partial charge in [0.1, 0.15) is 6.10 Å². The first kappa shape index (κ1) is 20.3. The molecule has 0 radical (unpaired) electrons. The summed E-state index contributed by atoms with van der Waals surface area (Å²) in [7, 11) is 0. The minimum atomic E-state index is 0.0694. The molecule has 0 aromatic heterocycles. The van der Waals surface area contributed by atoms with Crippen molar-refractivity contribution in [1.29, 1.82) is 0 Å². The summed E-state index contributed by atoms with van der Waals surface area (Å²) in [5, 5.41) is 0. The lowest BCUT2D eigenvalue weighted by molar-refractivity contribution is -0.146. The monoisotopic (exact) mass is 407 g/mol. The van der Waals surface area contributed by atoms with Crippen molar-refractivity contribution in [2.24, 2.45) is 29.1 Å². The molecule has 3 heteroatoms. The van der Waals surface area contributed by atoms with Gasteiger partial charge in [-0.15, -0.1) is 0 Å². The molecule has 2 aliphatic carbocycles. The molecule has 0 amide bonds. The number of hydrogen-bond acceptors (Lipinski definition) is 3. The Morgan fingerprint density at radius 1 is 1.20 bits per heavy atom. The van der Waals surface area contributed by atoms with E-state index in [0.717, 1.165) is 38.4 Å². The number of piperidine rings is 1. The predicted octanol–water partition coefficient (Wildman–Crippen LogP) is 5.26. The van der Waals surface area contributed by atoms with Crippen LogP contribution in [0, 0.1) is 29.1 Å². The maximum atomic E-state index is 12.8. The molecule has 4 aliphatic rings. The number of fused-ring (bicyclic) bond motifs is 2. The second-order valence-electron chi connectivity index (χ2n) is 10.8. The van der Waals surface area contributed by atoms with Crippen molar-refractivity contribution >= 4 is 5.97 Å². The number of likely N-dealkylation sites (tertiary alicyclic amines) is 1. The molecule has 2 aliphatic heterocycles. The number of carbonyl (C=O) groups excluding carboxylic acids is 1. The van der Waals surface area contributed by atoms with Crippen LogP contribution < -0.4 is 0 Å². The summed E-state index contributed by atoms with van der Waals surface area (Å²) in [6, 6.07) is 10.9. The lowest BCUT2D eigenvalue weighted by Crippen LogP contribution is -2.46. The number of rotatable bonds is 4. The van der Waals surface area contributed by atoms with Crippen molar-refractivity contribution in [3.8, 4) is 0 Å². The van der Waals surface area contributed by atoms with Crippen LogP contribution in [0.2, 0.25) is 0 Å². The van der Waals surface area contributed by atoms with Gasteiger partial charge in [0.2, 0.25) is 0 Å². The van der Waals surface area contributed by atoms with E-state index in [1.54, 1.807) is 0 Å². The van der Waals surface area contributed by atoms with Gasteiger partial charge in [-0.1, -0.05) is 49.4 Å². The molecule has 30 heavy (non-hydrogen) atoms. The van der Waals surface area contributed by atoms with Gasteiger partial charge < -0.3 is 9.64 Å². The minimum absolute atomic E-state index is 0.0694. The van der Waals surface area contributed by atoms with Gasteiger partial charge in [0.15, 0.2) is 0 Å².